The molecule has 16 heavy (non-hydrogen) atoms. The Balaban J connectivity index is 3.97. The van der Waals surface area contributed by atoms with E-state index in [0.717, 1.165) is 6.08 Å². The van der Waals surface area contributed by atoms with Gasteiger partial charge in [-0.1, -0.05) is 20.8 Å². The van der Waals surface area contributed by atoms with Gasteiger partial charge in [0.05, 0.1) is 0 Å². The molecule has 0 N–H and O–H groups in total. The highest BCUT2D eigenvalue weighted by Crippen LogP contribution is 2.36. The molecular weight excluding hydrogens is 232 g/mol. The van der Waals surface area contributed by atoms with Crippen molar-refractivity contribution in [3.8, 4) is 0 Å². The molecule has 0 aromatic heterocycles. The predicted octanol–water partition coefficient (Wildman–Crippen LogP) is 4.34. The van der Waals surface area contributed by atoms with E-state index < -0.39 is 15.3 Å². The predicted molar refractivity (Wildman–Crippen MR) is 66.0 cm³/mol. The van der Waals surface area contributed by atoms with Crippen molar-refractivity contribution in [2.24, 2.45) is 0 Å². The average Bonchev–Trinajstić information content (AvgIpc) is 1.98. The van der Waals surface area contributed by atoms with Crippen LogP contribution in [0.5, 0.6) is 0 Å². The van der Waals surface area contributed by atoms with E-state index in [1.54, 1.807) is 0 Å². The van der Waals surface area contributed by atoms with Gasteiger partial charge in [-0.3, -0.25) is 0 Å². The van der Waals surface area contributed by atoms with Crippen molar-refractivity contribution in [3.05, 3.63) is 12.1 Å². The molecule has 0 heterocycles. The van der Waals surface area contributed by atoms with Crippen molar-refractivity contribution in [1.29, 1.82) is 0 Å². The van der Waals surface area contributed by atoms with Crippen LogP contribution < -0.4 is 0 Å². The molecule has 96 valence electrons. The van der Waals surface area contributed by atoms with E-state index in [1.807, 2.05) is 0 Å². The van der Waals surface area contributed by atoms with Gasteiger partial charge in [0.1, 0.15) is 0 Å². The molecule has 0 aliphatic heterocycles. The van der Waals surface area contributed by atoms with Gasteiger partial charge in [-0.05, 0) is 24.6 Å². The van der Waals surface area contributed by atoms with Gasteiger partial charge < -0.3 is 17.4 Å². The minimum atomic E-state index is -4.80. The highest BCUT2D eigenvalue weighted by molar-refractivity contribution is 6.74. The van der Waals surface area contributed by atoms with Crippen LogP contribution >= 0.6 is 0 Å². The summed E-state index contributed by atoms with van der Waals surface area (Å²) < 4.78 is 41.3. The monoisotopic (exact) mass is 253 g/mol. The fraction of sp³-hybridized carbons (Fsp3) is 0.800. The Morgan fingerprint density at radius 3 is 2.06 bits per heavy atom. The SMILES string of the molecule is CC(C)(C)[Si](C)(C)OCC/C=C/[B-](F)(F)F. The van der Waals surface area contributed by atoms with Crippen molar-refractivity contribution >= 4 is 15.3 Å². The molecule has 0 aliphatic rings. The zero-order valence-corrected chi connectivity index (χ0v) is 11.7. The van der Waals surface area contributed by atoms with Crippen LogP contribution in [0.3, 0.4) is 0 Å². The maximum absolute atomic E-state index is 11.8. The smallest absolute Gasteiger partial charge is 0.445 e. The van der Waals surface area contributed by atoms with Crippen LogP contribution in [0.15, 0.2) is 12.1 Å². The van der Waals surface area contributed by atoms with E-state index >= 15 is 0 Å². The summed E-state index contributed by atoms with van der Waals surface area (Å²) in [7, 11) is -1.81. The molecule has 0 rings (SSSR count). The third-order valence-electron chi connectivity index (χ3n) is 2.91. The molecule has 0 unspecified atom stereocenters. The Morgan fingerprint density at radius 1 is 1.19 bits per heavy atom. The summed E-state index contributed by atoms with van der Waals surface area (Å²) in [5.41, 5.74) is 0. The number of hydrogen-bond donors (Lipinski definition) is 0. The molecule has 0 amide bonds. The minimum absolute atomic E-state index is 0.102. The maximum Gasteiger partial charge on any atom is 0.502 e. The summed E-state index contributed by atoms with van der Waals surface area (Å²) in [6, 6.07) is 0. The molecular formula is C10H21BF3OSi-. The van der Waals surface area contributed by atoms with Crippen LogP contribution in [0, 0.1) is 0 Å². The summed E-state index contributed by atoms with van der Waals surface area (Å²) in [6.45, 7) is 6.07. The molecule has 0 atom stereocenters. The third-order valence-corrected chi connectivity index (χ3v) is 7.45. The Morgan fingerprint density at radius 2 is 1.69 bits per heavy atom. The van der Waals surface area contributed by atoms with Gasteiger partial charge >= 0.3 is 6.98 Å². The largest absolute Gasteiger partial charge is 0.502 e. The molecule has 0 saturated heterocycles. The summed E-state index contributed by atoms with van der Waals surface area (Å²) in [6.07, 6.45) is 1.47. The lowest BCUT2D eigenvalue weighted by Crippen LogP contribution is -2.40. The van der Waals surface area contributed by atoms with E-state index in [1.165, 1.54) is 0 Å². The van der Waals surface area contributed by atoms with Gasteiger partial charge in [0.25, 0.3) is 0 Å². The van der Waals surface area contributed by atoms with Gasteiger partial charge in [-0.25, -0.2) is 0 Å². The van der Waals surface area contributed by atoms with Crippen LogP contribution in [0.25, 0.3) is 0 Å². The van der Waals surface area contributed by atoms with E-state index in [-0.39, 0.29) is 5.04 Å². The highest BCUT2D eigenvalue weighted by Gasteiger charge is 2.36. The van der Waals surface area contributed by atoms with E-state index in [9.17, 15) is 12.9 Å². The first-order valence-electron chi connectivity index (χ1n) is 5.47. The molecule has 0 radical (unpaired) electrons. The third kappa shape index (κ3) is 6.38. The first kappa shape index (κ1) is 15.8. The van der Waals surface area contributed by atoms with Crippen molar-refractivity contribution in [3.63, 3.8) is 0 Å². The standard InChI is InChI=1S/C10H21BF3OSi/c1-10(2,3)16(4,5)15-9-7-6-8-11(12,13)14/h6,8H,7,9H2,1-5H3/q-1/b8-6+. The van der Waals surface area contributed by atoms with Gasteiger partial charge in [0.15, 0.2) is 8.32 Å². The number of hydrogen-bond acceptors (Lipinski definition) is 1. The Kier molecular flexibility index (Phi) is 5.33. The second-order valence-electron chi connectivity index (χ2n) is 5.45. The van der Waals surface area contributed by atoms with E-state index in [0.29, 0.717) is 19.0 Å². The van der Waals surface area contributed by atoms with E-state index in [2.05, 4.69) is 33.9 Å². The number of halogens is 3. The van der Waals surface area contributed by atoms with Gasteiger partial charge in [0, 0.05) is 6.61 Å². The van der Waals surface area contributed by atoms with Crippen LogP contribution in [0.2, 0.25) is 18.1 Å². The van der Waals surface area contributed by atoms with E-state index in [4.69, 9.17) is 4.43 Å². The molecule has 6 heteroatoms. The lowest BCUT2D eigenvalue weighted by molar-refractivity contribution is 0.294. The van der Waals surface area contributed by atoms with Crippen LogP contribution in [-0.4, -0.2) is 21.9 Å². The zero-order valence-electron chi connectivity index (χ0n) is 10.7. The second-order valence-corrected chi connectivity index (χ2v) is 10.3. The maximum atomic E-state index is 11.8. The quantitative estimate of drug-likeness (QED) is 0.523. The summed E-state index contributed by atoms with van der Waals surface area (Å²) in [5, 5.41) is 0.102. The fourth-order valence-corrected chi connectivity index (χ4v) is 1.91. The molecule has 0 fully saturated rings. The first-order valence-corrected chi connectivity index (χ1v) is 8.38. The first-order chi connectivity index (χ1) is 6.96. The Labute approximate surface area is 97.3 Å². The van der Waals surface area contributed by atoms with Gasteiger partial charge in [0.2, 0.25) is 0 Å². The van der Waals surface area contributed by atoms with Crippen LogP contribution in [0.1, 0.15) is 27.2 Å². The molecule has 0 aliphatic carbocycles. The van der Waals surface area contributed by atoms with Gasteiger partial charge in [-0.2, -0.15) is 0 Å². The van der Waals surface area contributed by atoms with Crippen molar-refractivity contribution in [1.82, 2.24) is 0 Å². The molecule has 0 bridgehead atoms. The summed E-state index contributed by atoms with van der Waals surface area (Å²) >= 11 is 0. The summed E-state index contributed by atoms with van der Waals surface area (Å²) in [5.74, 6) is 0.328. The van der Waals surface area contributed by atoms with Crippen molar-refractivity contribution in [2.75, 3.05) is 6.61 Å². The second kappa shape index (κ2) is 5.40. The average molecular weight is 253 g/mol. The minimum Gasteiger partial charge on any atom is -0.445 e. The molecule has 0 aromatic rings. The lowest BCUT2D eigenvalue weighted by atomic mass is 9.91. The van der Waals surface area contributed by atoms with Crippen LogP contribution in [0.4, 0.5) is 12.9 Å². The Bertz CT molecular complexity index is 243. The fourth-order valence-electron chi connectivity index (χ4n) is 0.849. The molecule has 0 saturated carbocycles. The Hall–Kier alpha value is -0.228. The highest BCUT2D eigenvalue weighted by atomic mass is 28.4. The zero-order chi connectivity index (χ0) is 13.0. The number of rotatable bonds is 5. The molecule has 0 aromatic carbocycles. The molecule has 0 spiro atoms. The van der Waals surface area contributed by atoms with Crippen molar-refractivity contribution in [2.45, 2.75) is 45.3 Å². The summed E-state index contributed by atoms with van der Waals surface area (Å²) in [4.78, 5) is 0. The lowest BCUT2D eigenvalue weighted by Gasteiger charge is -2.36. The van der Waals surface area contributed by atoms with Crippen LogP contribution in [-0.2, 0) is 4.43 Å². The normalized spacial score (nSPS) is 14.8. The topological polar surface area (TPSA) is 9.23 Å². The van der Waals surface area contributed by atoms with Crippen molar-refractivity contribution < 1.29 is 17.4 Å². The van der Waals surface area contributed by atoms with Gasteiger partial charge in [-0.15, -0.1) is 12.1 Å². The molecule has 1 nitrogen and oxygen atoms in total.